The Bertz CT molecular complexity index is 519. The van der Waals surface area contributed by atoms with Crippen LogP contribution in [-0.4, -0.2) is 29.1 Å². The van der Waals surface area contributed by atoms with Gasteiger partial charge in [0.1, 0.15) is 5.82 Å². The maximum Gasteiger partial charge on any atom is 0.174 e. The third-order valence-corrected chi connectivity index (χ3v) is 4.30. The van der Waals surface area contributed by atoms with Gasteiger partial charge < -0.3 is 15.8 Å². The third-order valence-electron chi connectivity index (χ3n) is 4.30. The van der Waals surface area contributed by atoms with Gasteiger partial charge >= 0.3 is 0 Å². The van der Waals surface area contributed by atoms with Crippen LogP contribution in [-0.2, 0) is 0 Å². The van der Waals surface area contributed by atoms with Crippen molar-refractivity contribution in [1.82, 2.24) is 4.98 Å². The summed E-state index contributed by atoms with van der Waals surface area (Å²) in [7, 11) is 0. The van der Waals surface area contributed by atoms with Crippen molar-refractivity contribution in [1.29, 1.82) is 0 Å². The molecule has 0 amide bonds. The molecule has 1 aromatic rings. The lowest BCUT2D eigenvalue weighted by Crippen LogP contribution is -2.36. The average Bonchev–Trinajstić information content (AvgIpc) is 2.47. The number of hydrogen-bond donors (Lipinski definition) is 2. The number of amidine groups is 1. The molecule has 2 rings (SSSR count). The van der Waals surface area contributed by atoms with Gasteiger partial charge in [0, 0.05) is 18.8 Å². The van der Waals surface area contributed by atoms with Gasteiger partial charge in [-0.1, -0.05) is 24.9 Å². The van der Waals surface area contributed by atoms with Crippen molar-refractivity contribution in [3.63, 3.8) is 0 Å². The minimum absolute atomic E-state index is 0.144. The van der Waals surface area contributed by atoms with Gasteiger partial charge in [-0.15, -0.1) is 0 Å². The fraction of sp³-hybridized carbons (Fsp3) is 0.625. The first-order chi connectivity index (χ1) is 10.1. The molecular formula is C16H26N4O. The predicted molar refractivity (Wildman–Crippen MR) is 86.1 cm³/mol. The number of anilines is 1. The Kier molecular flexibility index (Phi) is 5.04. The number of aromatic nitrogens is 1. The molecule has 1 aromatic heterocycles. The summed E-state index contributed by atoms with van der Waals surface area (Å²) in [6.45, 7) is 8.19. The fourth-order valence-corrected chi connectivity index (χ4v) is 3.25. The van der Waals surface area contributed by atoms with Gasteiger partial charge in [0.15, 0.2) is 5.84 Å². The molecule has 5 nitrogen and oxygen atoms in total. The fourth-order valence-electron chi connectivity index (χ4n) is 3.25. The van der Waals surface area contributed by atoms with Gasteiger partial charge in [0.05, 0.1) is 5.56 Å². The van der Waals surface area contributed by atoms with E-state index >= 15 is 0 Å². The first-order valence-electron chi connectivity index (χ1n) is 7.77. The molecule has 1 fully saturated rings. The Balaban J connectivity index is 2.27. The van der Waals surface area contributed by atoms with E-state index in [4.69, 9.17) is 10.9 Å². The van der Waals surface area contributed by atoms with Crippen molar-refractivity contribution >= 4 is 11.7 Å². The minimum Gasteiger partial charge on any atom is -0.409 e. The summed E-state index contributed by atoms with van der Waals surface area (Å²) < 4.78 is 0. The smallest absolute Gasteiger partial charge is 0.174 e. The van der Waals surface area contributed by atoms with Crippen molar-refractivity contribution in [3.8, 4) is 0 Å². The molecule has 1 aliphatic heterocycles. The molecule has 0 aromatic carbocycles. The van der Waals surface area contributed by atoms with E-state index in [2.05, 4.69) is 22.0 Å². The van der Waals surface area contributed by atoms with Gasteiger partial charge in [0.2, 0.25) is 0 Å². The first-order valence-corrected chi connectivity index (χ1v) is 7.77. The molecule has 5 heteroatoms. The number of aryl methyl sites for hydroxylation is 2. The molecule has 3 N–H and O–H groups in total. The quantitative estimate of drug-likeness (QED) is 0.387. The van der Waals surface area contributed by atoms with E-state index in [1.807, 2.05) is 19.9 Å². The van der Waals surface area contributed by atoms with Gasteiger partial charge in [-0.2, -0.15) is 0 Å². The van der Waals surface area contributed by atoms with E-state index in [9.17, 15) is 0 Å². The number of rotatable bonds is 4. The van der Waals surface area contributed by atoms with Gasteiger partial charge in [-0.3, -0.25) is 0 Å². The SMILES string of the molecule is CCCC1CCN(c2nc(C)cc(C)c2C(N)=NO)CC1. The minimum atomic E-state index is 0.144. The molecule has 0 atom stereocenters. The molecule has 0 radical (unpaired) electrons. The summed E-state index contributed by atoms with van der Waals surface area (Å²) in [5.41, 5.74) is 8.59. The second kappa shape index (κ2) is 6.78. The van der Waals surface area contributed by atoms with E-state index in [0.29, 0.717) is 0 Å². The van der Waals surface area contributed by atoms with E-state index in [-0.39, 0.29) is 5.84 Å². The van der Waals surface area contributed by atoms with Crippen LogP contribution in [0.1, 0.15) is 49.4 Å². The lowest BCUT2D eigenvalue weighted by Gasteiger charge is -2.34. The van der Waals surface area contributed by atoms with Crippen LogP contribution >= 0.6 is 0 Å². The van der Waals surface area contributed by atoms with Crippen LogP contribution in [0, 0.1) is 19.8 Å². The van der Waals surface area contributed by atoms with Gasteiger partial charge in [-0.25, -0.2) is 4.98 Å². The van der Waals surface area contributed by atoms with Crippen LogP contribution in [0.15, 0.2) is 11.2 Å². The molecule has 1 saturated heterocycles. The molecule has 1 aliphatic rings. The number of hydrogen-bond acceptors (Lipinski definition) is 4. The largest absolute Gasteiger partial charge is 0.409 e. The van der Waals surface area contributed by atoms with Crippen molar-refractivity contribution in [2.75, 3.05) is 18.0 Å². The number of oxime groups is 1. The standard InChI is InChI=1S/C16H26N4O/c1-4-5-13-6-8-20(9-7-13)16-14(15(17)19-21)11(2)10-12(3)18-16/h10,13,21H,4-9H2,1-3H3,(H2,17,19). The lowest BCUT2D eigenvalue weighted by atomic mass is 9.92. The topological polar surface area (TPSA) is 74.7 Å². The maximum atomic E-state index is 9.03. The lowest BCUT2D eigenvalue weighted by molar-refractivity contribution is 0.318. The molecule has 0 unspecified atom stereocenters. The van der Waals surface area contributed by atoms with Crippen molar-refractivity contribution in [3.05, 3.63) is 22.9 Å². The first kappa shape index (κ1) is 15.6. The number of piperidine rings is 1. The highest BCUT2D eigenvalue weighted by molar-refractivity contribution is 6.02. The summed E-state index contributed by atoms with van der Waals surface area (Å²) in [4.78, 5) is 6.93. The zero-order valence-corrected chi connectivity index (χ0v) is 13.3. The summed E-state index contributed by atoms with van der Waals surface area (Å²) in [5.74, 6) is 1.83. The summed E-state index contributed by atoms with van der Waals surface area (Å²) >= 11 is 0. The summed E-state index contributed by atoms with van der Waals surface area (Å²) in [6, 6.07) is 1.97. The van der Waals surface area contributed by atoms with E-state index in [1.54, 1.807) is 0 Å². The van der Waals surface area contributed by atoms with Crippen molar-refractivity contribution < 1.29 is 5.21 Å². The van der Waals surface area contributed by atoms with Crippen LogP contribution in [0.5, 0.6) is 0 Å². The predicted octanol–water partition coefficient (Wildman–Crippen LogP) is 2.81. The number of nitrogens with two attached hydrogens (primary N) is 1. The van der Waals surface area contributed by atoms with Crippen LogP contribution in [0.4, 0.5) is 5.82 Å². The van der Waals surface area contributed by atoms with Crippen molar-refractivity contribution in [2.24, 2.45) is 16.8 Å². The zero-order valence-electron chi connectivity index (χ0n) is 13.3. The second-order valence-corrected chi connectivity index (χ2v) is 5.98. The van der Waals surface area contributed by atoms with Crippen molar-refractivity contribution in [2.45, 2.75) is 46.5 Å². The van der Waals surface area contributed by atoms with Crippen LogP contribution in [0.2, 0.25) is 0 Å². The Morgan fingerprint density at radius 3 is 2.67 bits per heavy atom. The Labute approximate surface area is 126 Å². The third kappa shape index (κ3) is 3.46. The Morgan fingerprint density at radius 1 is 1.43 bits per heavy atom. The summed E-state index contributed by atoms with van der Waals surface area (Å²) in [5, 5.41) is 12.2. The number of pyridine rings is 1. The molecule has 21 heavy (non-hydrogen) atoms. The Hall–Kier alpha value is -1.78. The monoisotopic (exact) mass is 290 g/mol. The van der Waals surface area contributed by atoms with E-state index < -0.39 is 0 Å². The zero-order chi connectivity index (χ0) is 15.4. The normalized spacial score (nSPS) is 17.3. The van der Waals surface area contributed by atoms with Crippen LogP contribution in [0.25, 0.3) is 0 Å². The van der Waals surface area contributed by atoms with E-state index in [1.165, 1.54) is 25.7 Å². The number of nitrogens with zero attached hydrogens (tertiary/aromatic N) is 3. The maximum absolute atomic E-state index is 9.03. The molecule has 0 saturated carbocycles. The molecule has 116 valence electrons. The highest BCUT2D eigenvalue weighted by Gasteiger charge is 2.24. The van der Waals surface area contributed by atoms with Crippen LogP contribution in [0.3, 0.4) is 0 Å². The molecule has 0 spiro atoms. The molecule has 2 heterocycles. The Morgan fingerprint density at radius 2 is 2.10 bits per heavy atom. The van der Waals surface area contributed by atoms with Crippen LogP contribution < -0.4 is 10.6 Å². The summed E-state index contributed by atoms with van der Waals surface area (Å²) in [6.07, 6.45) is 4.94. The van der Waals surface area contributed by atoms with E-state index in [0.717, 1.165) is 41.6 Å². The molecule has 0 aliphatic carbocycles. The highest BCUT2D eigenvalue weighted by atomic mass is 16.4. The average molecular weight is 290 g/mol. The molecular weight excluding hydrogens is 264 g/mol. The second-order valence-electron chi connectivity index (χ2n) is 5.98. The van der Waals surface area contributed by atoms with Gasteiger partial charge in [0.25, 0.3) is 0 Å². The van der Waals surface area contributed by atoms with Gasteiger partial charge in [-0.05, 0) is 44.2 Å². The molecule has 0 bridgehead atoms. The highest BCUT2D eigenvalue weighted by Crippen LogP contribution is 2.28.